The Morgan fingerprint density at radius 2 is 2.43 bits per heavy atom. The van der Waals surface area contributed by atoms with E-state index in [1.165, 1.54) is 11.8 Å². The Bertz CT molecular complexity index is 280. The third-order valence-corrected chi connectivity index (χ3v) is 4.11. The smallest absolute Gasteiger partial charge is 0.329 e. The standard InChI is InChI=1S/C9H13NO3S/c1-13-9(3-2-4-9)8-10-6(5-14-8)7(11)12/h6H,2-5H2,1H3,(H,11,12). The molecule has 1 heterocycles. The molecule has 14 heavy (non-hydrogen) atoms. The first kappa shape index (κ1) is 9.98. The second-order valence-corrected chi connectivity index (χ2v) is 4.66. The SMILES string of the molecule is COC1(C2=NC(C(=O)O)CS2)CCC1. The number of aliphatic imine (C=N–C) groups is 1. The molecule has 0 amide bonds. The molecule has 1 unspecified atom stereocenters. The molecule has 0 aromatic heterocycles. The number of aliphatic carboxylic acids is 1. The van der Waals surface area contributed by atoms with Gasteiger partial charge in [0.05, 0.1) is 0 Å². The van der Waals surface area contributed by atoms with Crippen LogP contribution in [0.1, 0.15) is 19.3 Å². The topological polar surface area (TPSA) is 58.9 Å². The molecule has 1 aliphatic heterocycles. The van der Waals surface area contributed by atoms with Gasteiger partial charge in [-0.15, -0.1) is 11.8 Å². The highest BCUT2D eigenvalue weighted by Crippen LogP contribution is 2.42. The van der Waals surface area contributed by atoms with Crippen LogP contribution >= 0.6 is 11.8 Å². The largest absolute Gasteiger partial charge is 0.480 e. The van der Waals surface area contributed by atoms with Gasteiger partial charge in [-0.05, 0) is 19.3 Å². The number of hydrogen-bond donors (Lipinski definition) is 1. The Balaban J connectivity index is 2.12. The van der Waals surface area contributed by atoms with Crippen molar-refractivity contribution in [3.63, 3.8) is 0 Å². The Labute approximate surface area is 86.7 Å². The Hall–Kier alpha value is -0.550. The van der Waals surface area contributed by atoms with Crippen LogP contribution in [0.4, 0.5) is 0 Å². The second-order valence-electron chi connectivity index (χ2n) is 3.65. The lowest BCUT2D eigenvalue weighted by atomic mass is 9.81. The van der Waals surface area contributed by atoms with E-state index < -0.39 is 12.0 Å². The van der Waals surface area contributed by atoms with Crippen molar-refractivity contribution < 1.29 is 14.6 Å². The number of rotatable bonds is 3. The maximum Gasteiger partial charge on any atom is 0.329 e. The Morgan fingerprint density at radius 3 is 2.79 bits per heavy atom. The highest BCUT2D eigenvalue weighted by Gasteiger charge is 2.45. The van der Waals surface area contributed by atoms with E-state index in [2.05, 4.69) is 4.99 Å². The van der Waals surface area contributed by atoms with Crippen molar-refractivity contribution in [3.8, 4) is 0 Å². The number of nitrogens with zero attached hydrogens (tertiary/aromatic N) is 1. The number of carboxylic acid groups (broad SMARTS) is 1. The van der Waals surface area contributed by atoms with Crippen molar-refractivity contribution in [1.29, 1.82) is 0 Å². The molecule has 1 atom stereocenters. The Morgan fingerprint density at radius 1 is 1.71 bits per heavy atom. The summed E-state index contributed by atoms with van der Waals surface area (Å²) < 4.78 is 5.44. The van der Waals surface area contributed by atoms with E-state index in [-0.39, 0.29) is 5.60 Å². The van der Waals surface area contributed by atoms with Crippen LogP contribution in [0, 0.1) is 0 Å². The minimum absolute atomic E-state index is 0.241. The number of thioether (sulfide) groups is 1. The molecule has 0 aromatic rings. The molecular weight excluding hydrogens is 202 g/mol. The van der Waals surface area contributed by atoms with Gasteiger partial charge in [0.25, 0.3) is 0 Å². The maximum absolute atomic E-state index is 10.7. The van der Waals surface area contributed by atoms with Crippen molar-refractivity contribution in [2.45, 2.75) is 30.9 Å². The van der Waals surface area contributed by atoms with Gasteiger partial charge in [-0.1, -0.05) is 0 Å². The molecule has 1 saturated carbocycles. The molecule has 4 nitrogen and oxygen atoms in total. The van der Waals surface area contributed by atoms with Crippen molar-refractivity contribution in [2.24, 2.45) is 4.99 Å². The average Bonchev–Trinajstić information content (AvgIpc) is 2.52. The van der Waals surface area contributed by atoms with Crippen molar-refractivity contribution in [3.05, 3.63) is 0 Å². The third kappa shape index (κ3) is 1.44. The maximum atomic E-state index is 10.7. The summed E-state index contributed by atoms with van der Waals surface area (Å²) in [7, 11) is 1.68. The lowest BCUT2D eigenvalue weighted by Gasteiger charge is -2.39. The van der Waals surface area contributed by atoms with Gasteiger partial charge in [-0.3, -0.25) is 4.99 Å². The molecule has 2 aliphatic rings. The zero-order valence-electron chi connectivity index (χ0n) is 8.02. The van der Waals surface area contributed by atoms with E-state index in [1.54, 1.807) is 7.11 Å². The predicted octanol–water partition coefficient (Wildman–Crippen LogP) is 1.15. The first-order valence-electron chi connectivity index (χ1n) is 4.67. The number of methoxy groups -OCH3 is 1. The molecule has 78 valence electrons. The van der Waals surface area contributed by atoms with Crippen LogP contribution in [-0.4, -0.2) is 40.6 Å². The zero-order chi connectivity index (χ0) is 10.2. The molecule has 0 radical (unpaired) electrons. The van der Waals surface area contributed by atoms with Gasteiger partial charge in [0.2, 0.25) is 0 Å². The van der Waals surface area contributed by atoms with Gasteiger partial charge in [0.15, 0.2) is 6.04 Å². The summed E-state index contributed by atoms with van der Waals surface area (Å²) >= 11 is 1.53. The van der Waals surface area contributed by atoms with E-state index in [0.717, 1.165) is 24.3 Å². The van der Waals surface area contributed by atoms with Crippen molar-refractivity contribution in [2.75, 3.05) is 12.9 Å². The van der Waals surface area contributed by atoms with Crippen LogP contribution in [0.2, 0.25) is 0 Å². The van der Waals surface area contributed by atoms with Gasteiger partial charge in [0.1, 0.15) is 10.6 Å². The van der Waals surface area contributed by atoms with Gasteiger partial charge in [-0.2, -0.15) is 0 Å². The van der Waals surface area contributed by atoms with E-state index in [4.69, 9.17) is 9.84 Å². The minimum Gasteiger partial charge on any atom is -0.480 e. The summed E-state index contributed by atoms with van der Waals surface area (Å²) in [5.41, 5.74) is -0.241. The first-order chi connectivity index (χ1) is 6.68. The summed E-state index contributed by atoms with van der Waals surface area (Å²) in [6.07, 6.45) is 3.09. The summed E-state index contributed by atoms with van der Waals surface area (Å²) in [4.78, 5) is 14.9. The quantitative estimate of drug-likeness (QED) is 0.767. The Kier molecular flexibility index (Phi) is 2.53. The molecule has 0 saturated heterocycles. The molecule has 2 rings (SSSR count). The van der Waals surface area contributed by atoms with Gasteiger partial charge >= 0.3 is 5.97 Å². The zero-order valence-corrected chi connectivity index (χ0v) is 8.84. The average molecular weight is 215 g/mol. The summed E-state index contributed by atoms with van der Waals surface area (Å²) in [5, 5.41) is 9.69. The number of carbonyl (C=O) groups is 1. The highest BCUT2D eigenvalue weighted by molar-refractivity contribution is 8.14. The molecular formula is C9H13NO3S. The molecule has 0 bridgehead atoms. The second kappa shape index (κ2) is 3.55. The third-order valence-electron chi connectivity index (χ3n) is 2.88. The minimum atomic E-state index is -0.835. The van der Waals surface area contributed by atoms with Crippen LogP contribution in [0.25, 0.3) is 0 Å². The van der Waals surface area contributed by atoms with Crippen LogP contribution in [-0.2, 0) is 9.53 Å². The summed E-state index contributed by atoms with van der Waals surface area (Å²) in [5.74, 6) is -0.284. The summed E-state index contributed by atoms with van der Waals surface area (Å²) in [6.45, 7) is 0. The van der Waals surface area contributed by atoms with Crippen LogP contribution < -0.4 is 0 Å². The van der Waals surface area contributed by atoms with Crippen molar-refractivity contribution in [1.82, 2.24) is 0 Å². The van der Waals surface area contributed by atoms with Crippen LogP contribution in [0.15, 0.2) is 4.99 Å². The number of carboxylic acids is 1. The fraction of sp³-hybridized carbons (Fsp3) is 0.778. The molecule has 1 aliphatic carbocycles. The molecule has 1 fully saturated rings. The van der Waals surface area contributed by atoms with Crippen LogP contribution in [0.3, 0.4) is 0 Å². The van der Waals surface area contributed by atoms with E-state index in [1.807, 2.05) is 0 Å². The van der Waals surface area contributed by atoms with E-state index in [0.29, 0.717) is 5.75 Å². The van der Waals surface area contributed by atoms with E-state index in [9.17, 15) is 4.79 Å². The number of ether oxygens (including phenoxy) is 1. The fourth-order valence-electron chi connectivity index (χ4n) is 1.75. The predicted molar refractivity (Wildman–Crippen MR) is 54.9 cm³/mol. The summed E-state index contributed by atoms with van der Waals surface area (Å²) in [6, 6.07) is -0.567. The monoisotopic (exact) mass is 215 g/mol. The van der Waals surface area contributed by atoms with Gasteiger partial charge in [0, 0.05) is 12.9 Å². The number of hydrogen-bond acceptors (Lipinski definition) is 4. The lowest BCUT2D eigenvalue weighted by Crippen LogP contribution is -2.45. The van der Waals surface area contributed by atoms with Crippen LogP contribution in [0.5, 0.6) is 0 Å². The molecule has 5 heteroatoms. The lowest BCUT2D eigenvalue weighted by molar-refractivity contribution is -0.137. The van der Waals surface area contributed by atoms with E-state index >= 15 is 0 Å². The fourth-order valence-corrected chi connectivity index (χ4v) is 3.04. The molecule has 0 aromatic carbocycles. The molecule has 0 spiro atoms. The molecule has 1 N–H and O–H groups in total. The first-order valence-corrected chi connectivity index (χ1v) is 5.65. The van der Waals surface area contributed by atoms with Gasteiger partial charge < -0.3 is 9.84 Å². The highest BCUT2D eigenvalue weighted by atomic mass is 32.2. The van der Waals surface area contributed by atoms with Crippen molar-refractivity contribution >= 4 is 22.8 Å². The normalized spacial score (nSPS) is 29.5. The van der Waals surface area contributed by atoms with Gasteiger partial charge in [-0.25, -0.2) is 4.79 Å².